The molecule has 0 saturated heterocycles. The van der Waals surface area contributed by atoms with Gasteiger partial charge in [0, 0.05) is 6.20 Å². The molecule has 0 spiro atoms. The van der Waals surface area contributed by atoms with Crippen LogP contribution in [0.15, 0.2) is 18.6 Å². The van der Waals surface area contributed by atoms with Crippen LogP contribution in [-0.4, -0.2) is 31.0 Å². The Hall–Kier alpha value is -2.37. The Balaban J connectivity index is 2.57. The number of nitrogens with zero attached hydrogens (tertiary/aromatic N) is 4. The first kappa shape index (κ1) is 11.1. The fourth-order valence-electron chi connectivity index (χ4n) is 1.56. The summed E-state index contributed by atoms with van der Waals surface area (Å²) in [7, 11) is 0. The van der Waals surface area contributed by atoms with Crippen LogP contribution in [0.3, 0.4) is 0 Å². The molecule has 6 heteroatoms. The van der Waals surface area contributed by atoms with Crippen molar-refractivity contribution in [2.45, 2.75) is 13.8 Å². The van der Waals surface area contributed by atoms with E-state index in [1.54, 1.807) is 26.1 Å². The van der Waals surface area contributed by atoms with Crippen LogP contribution in [0.1, 0.15) is 21.7 Å². The molecule has 2 aromatic heterocycles. The van der Waals surface area contributed by atoms with Crippen LogP contribution < -0.4 is 0 Å². The molecule has 0 bridgehead atoms. The first-order valence-electron chi connectivity index (χ1n) is 4.94. The van der Waals surface area contributed by atoms with Crippen LogP contribution in [0.5, 0.6) is 0 Å². The third-order valence-corrected chi connectivity index (χ3v) is 2.30. The topological polar surface area (TPSA) is 88.9 Å². The normalized spacial score (nSPS) is 10.2. The number of aromatic nitrogens is 4. The molecule has 6 nitrogen and oxygen atoms in total. The second kappa shape index (κ2) is 4.25. The molecule has 0 fully saturated rings. The molecule has 86 valence electrons. The van der Waals surface area contributed by atoms with Crippen molar-refractivity contribution < 1.29 is 9.90 Å². The lowest BCUT2D eigenvalue weighted by molar-refractivity contribution is 0.0694. The van der Waals surface area contributed by atoms with E-state index in [4.69, 9.17) is 5.11 Å². The van der Waals surface area contributed by atoms with Gasteiger partial charge in [0.05, 0.1) is 11.4 Å². The van der Waals surface area contributed by atoms with Gasteiger partial charge in [-0.05, 0) is 19.9 Å². The predicted molar refractivity (Wildman–Crippen MR) is 59.5 cm³/mol. The van der Waals surface area contributed by atoms with Gasteiger partial charge in [0.1, 0.15) is 17.6 Å². The Morgan fingerprint density at radius 2 is 1.88 bits per heavy atom. The lowest BCUT2D eigenvalue weighted by atomic mass is 10.1. The molecule has 0 aliphatic rings. The molecule has 2 heterocycles. The van der Waals surface area contributed by atoms with Crippen LogP contribution in [0.2, 0.25) is 0 Å². The summed E-state index contributed by atoms with van der Waals surface area (Å²) >= 11 is 0. The van der Waals surface area contributed by atoms with E-state index in [-0.39, 0.29) is 5.56 Å². The molecule has 0 aromatic carbocycles. The van der Waals surface area contributed by atoms with Gasteiger partial charge >= 0.3 is 5.97 Å². The number of aryl methyl sites for hydroxylation is 2. The number of carboxylic acids is 1. The minimum absolute atomic E-state index is 0.141. The van der Waals surface area contributed by atoms with Crippen molar-refractivity contribution in [1.82, 2.24) is 19.9 Å². The molecule has 2 aromatic rings. The molecular weight excluding hydrogens is 220 g/mol. The number of carbonyl (C=O) groups is 1. The molecule has 2 rings (SSSR count). The maximum atomic E-state index is 11.0. The highest BCUT2D eigenvalue weighted by Crippen LogP contribution is 2.16. The Kier molecular flexibility index (Phi) is 2.78. The molecule has 0 saturated carbocycles. The van der Waals surface area contributed by atoms with Gasteiger partial charge in [-0.2, -0.15) is 0 Å². The fraction of sp³-hybridized carbons (Fsp3) is 0.182. The van der Waals surface area contributed by atoms with Gasteiger partial charge in [-0.15, -0.1) is 0 Å². The quantitative estimate of drug-likeness (QED) is 0.835. The van der Waals surface area contributed by atoms with Crippen molar-refractivity contribution in [1.29, 1.82) is 0 Å². The van der Waals surface area contributed by atoms with E-state index in [1.807, 2.05) is 0 Å². The largest absolute Gasteiger partial charge is 0.478 e. The fourth-order valence-corrected chi connectivity index (χ4v) is 1.56. The predicted octanol–water partition coefficient (Wildman–Crippen LogP) is 1.25. The number of aromatic carboxylic acids is 1. The summed E-state index contributed by atoms with van der Waals surface area (Å²) in [5.74, 6) is -0.610. The third-order valence-electron chi connectivity index (χ3n) is 2.30. The highest BCUT2D eigenvalue weighted by molar-refractivity contribution is 5.90. The average Bonchev–Trinajstić information content (AvgIpc) is 2.28. The molecule has 17 heavy (non-hydrogen) atoms. The number of hydrogen-bond donors (Lipinski definition) is 1. The average molecular weight is 230 g/mol. The van der Waals surface area contributed by atoms with Crippen molar-refractivity contribution in [3.63, 3.8) is 0 Å². The van der Waals surface area contributed by atoms with Crippen molar-refractivity contribution >= 4 is 5.97 Å². The van der Waals surface area contributed by atoms with Crippen molar-refractivity contribution in [3.8, 4) is 11.5 Å². The van der Waals surface area contributed by atoms with E-state index in [0.717, 1.165) is 0 Å². The van der Waals surface area contributed by atoms with Crippen molar-refractivity contribution in [2.75, 3.05) is 0 Å². The summed E-state index contributed by atoms with van der Waals surface area (Å²) in [6.07, 6.45) is 2.98. The van der Waals surface area contributed by atoms with Gasteiger partial charge in [0.25, 0.3) is 0 Å². The minimum Gasteiger partial charge on any atom is -0.478 e. The Labute approximate surface area is 97.4 Å². The summed E-state index contributed by atoms with van der Waals surface area (Å²) in [6, 6.07) is 1.68. The smallest absolute Gasteiger partial charge is 0.339 e. The molecule has 0 unspecified atom stereocenters. The monoisotopic (exact) mass is 230 g/mol. The van der Waals surface area contributed by atoms with Gasteiger partial charge in [-0.3, -0.25) is 0 Å². The molecule has 1 N–H and O–H groups in total. The van der Waals surface area contributed by atoms with Gasteiger partial charge < -0.3 is 5.11 Å². The van der Waals surface area contributed by atoms with Gasteiger partial charge in [-0.1, -0.05) is 0 Å². The maximum Gasteiger partial charge on any atom is 0.339 e. The minimum atomic E-state index is -1.02. The van der Waals surface area contributed by atoms with Gasteiger partial charge in [-0.25, -0.2) is 24.7 Å². The van der Waals surface area contributed by atoms with E-state index in [9.17, 15) is 4.79 Å². The number of rotatable bonds is 2. The van der Waals surface area contributed by atoms with Gasteiger partial charge in [0.2, 0.25) is 0 Å². The second-order valence-corrected chi connectivity index (χ2v) is 3.49. The highest BCUT2D eigenvalue weighted by Gasteiger charge is 2.15. The zero-order chi connectivity index (χ0) is 12.4. The van der Waals surface area contributed by atoms with E-state index in [0.29, 0.717) is 22.9 Å². The lowest BCUT2D eigenvalue weighted by Crippen LogP contribution is -2.08. The van der Waals surface area contributed by atoms with E-state index in [1.165, 1.54) is 6.33 Å². The standard InChI is InChI=1S/C11H10N4O2/c1-6-9(11(16)17)7(2)15-10(14-6)8-3-4-12-5-13-8/h3-5H,1-2H3,(H,16,17). The molecule has 0 atom stereocenters. The summed E-state index contributed by atoms with van der Waals surface area (Å²) in [4.78, 5) is 27.1. The first-order chi connectivity index (χ1) is 8.09. The van der Waals surface area contributed by atoms with Crippen LogP contribution in [0.4, 0.5) is 0 Å². The first-order valence-corrected chi connectivity index (χ1v) is 4.94. The van der Waals surface area contributed by atoms with Crippen molar-refractivity contribution in [3.05, 3.63) is 35.5 Å². The van der Waals surface area contributed by atoms with Crippen LogP contribution >= 0.6 is 0 Å². The Bertz CT molecular complexity index is 546. The zero-order valence-electron chi connectivity index (χ0n) is 9.38. The summed E-state index contributed by atoms with van der Waals surface area (Å²) in [5, 5.41) is 9.00. The molecule has 0 aliphatic heterocycles. The maximum absolute atomic E-state index is 11.0. The molecular formula is C11H10N4O2. The third kappa shape index (κ3) is 2.10. The molecule has 0 aliphatic carbocycles. The van der Waals surface area contributed by atoms with Crippen LogP contribution in [0, 0.1) is 13.8 Å². The summed E-state index contributed by atoms with van der Waals surface area (Å²) in [5.41, 5.74) is 1.57. The zero-order valence-corrected chi connectivity index (χ0v) is 9.38. The second-order valence-electron chi connectivity index (χ2n) is 3.49. The lowest BCUT2D eigenvalue weighted by Gasteiger charge is -2.06. The van der Waals surface area contributed by atoms with Crippen LogP contribution in [-0.2, 0) is 0 Å². The molecule has 0 amide bonds. The van der Waals surface area contributed by atoms with E-state index >= 15 is 0 Å². The van der Waals surface area contributed by atoms with Crippen molar-refractivity contribution in [2.24, 2.45) is 0 Å². The summed E-state index contributed by atoms with van der Waals surface area (Å²) < 4.78 is 0. The van der Waals surface area contributed by atoms with Gasteiger partial charge in [0.15, 0.2) is 5.82 Å². The Morgan fingerprint density at radius 3 is 2.35 bits per heavy atom. The Morgan fingerprint density at radius 1 is 1.24 bits per heavy atom. The summed E-state index contributed by atoms with van der Waals surface area (Å²) in [6.45, 7) is 3.28. The SMILES string of the molecule is Cc1nc(-c2ccncn2)nc(C)c1C(=O)O. The number of hydrogen-bond acceptors (Lipinski definition) is 5. The van der Waals surface area contributed by atoms with Crippen LogP contribution in [0.25, 0.3) is 11.5 Å². The highest BCUT2D eigenvalue weighted by atomic mass is 16.4. The number of carboxylic acid groups (broad SMARTS) is 1. The van der Waals surface area contributed by atoms with E-state index in [2.05, 4.69) is 19.9 Å². The molecule has 0 radical (unpaired) electrons. The van der Waals surface area contributed by atoms with E-state index < -0.39 is 5.97 Å².